The van der Waals surface area contributed by atoms with E-state index in [2.05, 4.69) is 36.9 Å². The molecule has 0 amide bonds. The quantitative estimate of drug-likeness (QED) is 0.865. The summed E-state index contributed by atoms with van der Waals surface area (Å²) in [5.74, 6) is 1.61. The fraction of sp³-hybridized carbons (Fsp3) is 0.647. The molecule has 2 rings (SSSR count). The highest BCUT2D eigenvalue weighted by Gasteiger charge is 2.19. The first kappa shape index (κ1) is 15.2. The Hall–Kier alpha value is -1.22. The van der Waals surface area contributed by atoms with E-state index in [4.69, 9.17) is 10.5 Å². The normalized spacial score (nSPS) is 20.8. The number of benzene rings is 1. The van der Waals surface area contributed by atoms with Crippen LogP contribution in [-0.2, 0) is 0 Å². The van der Waals surface area contributed by atoms with E-state index >= 15 is 0 Å². The zero-order chi connectivity index (χ0) is 14.4. The Balaban J connectivity index is 2.02. The smallest absolute Gasteiger partial charge is 0.142 e. The second-order valence-electron chi connectivity index (χ2n) is 6.02. The van der Waals surface area contributed by atoms with Crippen molar-refractivity contribution in [2.75, 3.05) is 24.6 Å². The number of anilines is 1. The van der Waals surface area contributed by atoms with Crippen LogP contribution in [0.4, 0.5) is 5.69 Å². The standard InChI is InChI=1S/C17H28N2O/c1-3-7-14(2)13-20-17-10-5-4-9-16(17)19-11-6-8-15(18)12-19/h4-5,9-10,14-15H,3,6-8,11-13,18H2,1-2H3. The van der Waals surface area contributed by atoms with Crippen LogP contribution < -0.4 is 15.4 Å². The third-order valence-corrected chi connectivity index (χ3v) is 3.97. The summed E-state index contributed by atoms with van der Waals surface area (Å²) in [6.45, 7) is 7.29. The van der Waals surface area contributed by atoms with Gasteiger partial charge in [0, 0.05) is 19.1 Å². The van der Waals surface area contributed by atoms with E-state index in [0.29, 0.717) is 5.92 Å². The number of hydrogen-bond donors (Lipinski definition) is 1. The lowest BCUT2D eigenvalue weighted by atomic mass is 10.1. The minimum absolute atomic E-state index is 0.288. The van der Waals surface area contributed by atoms with Gasteiger partial charge in [-0.2, -0.15) is 0 Å². The van der Waals surface area contributed by atoms with Crippen LogP contribution in [0.5, 0.6) is 5.75 Å². The first-order valence-corrected chi connectivity index (χ1v) is 7.93. The molecule has 0 aliphatic carbocycles. The summed E-state index contributed by atoms with van der Waals surface area (Å²) in [6, 6.07) is 8.65. The van der Waals surface area contributed by atoms with Crippen molar-refractivity contribution in [1.82, 2.24) is 0 Å². The SMILES string of the molecule is CCCC(C)COc1ccccc1N1CCCC(N)C1. The number of rotatable bonds is 6. The van der Waals surface area contributed by atoms with Crippen molar-refractivity contribution in [3.8, 4) is 5.75 Å². The monoisotopic (exact) mass is 276 g/mol. The first-order chi connectivity index (χ1) is 9.70. The number of hydrogen-bond acceptors (Lipinski definition) is 3. The predicted molar refractivity (Wildman–Crippen MR) is 85.4 cm³/mol. The van der Waals surface area contributed by atoms with E-state index in [-0.39, 0.29) is 6.04 Å². The Morgan fingerprint density at radius 1 is 1.40 bits per heavy atom. The molecule has 1 fully saturated rings. The van der Waals surface area contributed by atoms with Gasteiger partial charge < -0.3 is 15.4 Å². The maximum atomic E-state index is 6.09. The molecule has 0 saturated carbocycles. The van der Waals surface area contributed by atoms with Crippen molar-refractivity contribution in [2.45, 2.75) is 45.6 Å². The highest BCUT2D eigenvalue weighted by atomic mass is 16.5. The maximum absolute atomic E-state index is 6.09. The minimum atomic E-state index is 0.288. The molecule has 20 heavy (non-hydrogen) atoms. The Kier molecular flexibility index (Phi) is 5.72. The molecule has 3 heteroatoms. The third kappa shape index (κ3) is 4.14. The number of para-hydroxylation sites is 2. The van der Waals surface area contributed by atoms with Crippen LogP contribution in [0.25, 0.3) is 0 Å². The molecular weight excluding hydrogens is 248 g/mol. The van der Waals surface area contributed by atoms with Gasteiger partial charge in [-0.1, -0.05) is 32.4 Å². The fourth-order valence-corrected chi connectivity index (χ4v) is 2.88. The van der Waals surface area contributed by atoms with Gasteiger partial charge in [-0.15, -0.1) is 0 Å². The number of nitrogens with two attached hydrogens (primary N) is 1. The number of ether oxygens (including phenoxy) is 1. The van der Waals surface area contributed by atoms with Gasteiger partial charge in [-0.25, -0.2) is 0 Å². The molecule has 1 aliphatic rings. The molecule has 1 aromatic rings. The van der Waals surface area contributed by atoms with Gasteiger partial charge >= 0.3 is 0 Å². The zero-order valence-electron chi connectivity index (χ0n) is 12.8. The molecular formula is C17H28N2O. The highest BCUT2D eigenvalue weighted by Crippen LogP contribution is 2.30. The van der Waals surface area contributed by atoms with E-state index in [1.165, 1.54) is 24.9 Å². The summed E-state index contributed by atoms with van der Waals surface area (Å²) in [6.07, 6.45) is 4.73. The molecule has 1 aliphatic heterocycles. The fourth-order valence-electron chi connectivity index (χ4n) is 2.88. The molecule has 2 N–H and O–H groups in total. The van der Waals surface area contributed by atoms with E-state index in [0.717, 1.165) is 31.9 Å². The molecule has 3 nitrogen and oxygen atoms in total. The minimum Gasteiger partial charge on any atom is -0.491 e. The number of piperidine rings is 1. The average Bonchev–Trinajstić information content (AvgIpc) is 2.46. The van der Waals surface area contributed by atoms with E-state index in [1.54, 1.807) is 0 Å². The molecule has 1 saturated heterocycles. The highest BCUT2D eigenvalue weighted by molar-refractivity contribution is 5.58. The van der Waals surface area contributed by atoms with E-state index < -0.39 is 0 Å². The molecule has 112 valence electrons. The Labute approximate surface area is 123 Å². The van der Waals surface area contributed by atoms with Gasteiger partial charge in [0.05, 0.1) is 12.3 Å². The summed E-state index contributed by atoms with van der Waals surface area (Å²) in [5, 5.41) is 0. The topological polar surface area (TPSA) is 38.5 Å². The van der Waals surface area contributed by atoms with Crippen molar-refractivity contribution < 1.29 is 4.74 Å². The van der Waals surface area contributed by atoms with Gasteiger partial charge in [0.15, 0.2) is 0 Å². The Bertz CT molecular complexity index is 408. The predicted octanol–water partition coefficient (Wildman–Crippen LogP) is 3.43. The van der Waals surface area contributed by atoms with Crippen molar-refractivity contribution in [2.24, 2.45) is 11.7 Å². The lowest BCUT2D eigenvalue weighted by Crippen LogP contribution is -2.43. The van der Waals surface area contributed by atoms with Crippen LogP contribution in [0.2, 0.25) is 0 Å². The summed E-state index contributed by atoms with van der Waals surface area (Å²) < 4.78 is 6.06. The van der Waals surface area contributed by atoms with Gasteiger partial charge in [0.25, 0.3) is 0 Å². The summed E-state index contributed by atoms with van der Waals surface area (Å²) >= 11 is 0. The van der Waals surface area contributed by atoms with E-state index in [1.807, 2.05) is 6.07 Å². The third-order valence-electron chi connectivity index (χ3n) is 3.97. The van der Waals surface area contributed by atoms with Gasteiger partial charge in [-0.3, -0.25) is 0 Å². The van der Waals surface area contributed by atoms with Gasteiger partial charge in [0.1, 0.15) is 5.75 Å². The summed E-state index contributed by atoms with van der Waals surface area (Å²) in [5.41, 5.74) is 7.29. The molecule has 0 spiro atoms. The molecule has 0 radical (unpaired) electrons. The van der Waals surface area contributed by atoms with Gasteiger partial charge in [-0.05, 0) is 37.3 Å². The van der Waals surface area contributed by atoms with Crippen molar-refractivity contribution >= 4 is 5.69 Å². The second-order valence-corrected chi connectivity index (χ2v) is 6.02. The molecule has 0 bridgehead atoms. The lowest BCUT2D eigenvalue weighted by molar-refractivity contribution is 0.251. The largest absolute Gasteiger partial charge is 0.491 e. The first-order valence-electron chi connectivity index (χ1n) is 7.93. The second kappa shape index (κ2) is 7.53. The zero-order valence-corrected chi connectivity index (χ0v) is 12.8. The molecule has 1 heterocycles. The number of nitrogens with zero attached hydrogens (tertiary/aromatic N) is 1. The van der Waals surface area contributed by atoms with E-state index in [9.17, 15) is 0 Å². The van der Waals surface area contributed by atoms with Crippen LogP contribution in [0.15, 0.2) is 24.3 Å². The average molecular weight is 276 g/mol. The van der Waals surface area contributed by atoms with Crippen LogP contribution >= 0.6 is 0 Å². The lowest BCUT2D eigenvalue weighted by Gasteiger charge is -2.33. The van der Waals surface area contributed by atoms with Crippen LogP contribution in [0, 0.1) is 5.92 Å². The molecule has 2 unspecified atom stereocenters. The van der Waals surface area contributed by atoms with Crippen molar-refractivity contribution in [3.05, 3.63) is 24.3 Å². The van der Waals surface area contributed by atoms with Gasteiger partial charge in [0.2, 0.25) is 0 Å². The van der Waals surface area contributed by atoms with Crippen molar-refractivity contribution in [1.29, 1.82) is 0 Å². The Morgan fingerprint density at radius 3 is 2.95 bits per heavy atom. The molecule has 1 aromatic carbocycles. The maximum Gasteiger partial charge on any atom is 0.142 e. The summed E-state index contributed by atoms with van der Waals surface area (Å²) in [7, 11) is 0. The van der Waals surface area contributed by atoms with Crippen LogP contribution in [-0.4, -0.2) is 25.7 Å². The Morgan fingerprint density at radius 2 is 2.20 bits per heavy atom. The van der Waals surface area contributed by atoms with Crippen LogP contribution in [0.1, 0.15) is 39.5 Å². The molecule has 2 atom stereocenters. The van der Waals surface area contributed by atoms with Crippen molar-refractivity contribution in [3.63, 3.8) is 0 Å². The molecule has 0 aromatic heterocycles. The van der Waals surface area contributed by atoms with Crippen LogP contribution in [0.3, 0.4) is 0 Å². The summed E-state index contributed by atoms with van der Waals surface area (Å²) in [4.78, 5) is 2.37.